The number of aliphatic hydroxyl groups excluding tert-OH is 3. The first-order valence-electron chi connectivity index (χ1n) is 8.78. The van der Waals surface area contributed by atoms with Crippen LogP contribution in [0.4, 0.5) is 0 Å². The number of hydrogen-bond donors (Lipinski definition) is 3. The second kappa shape index (κ2) is 5.28. The van der Waals surface area contributed by atoms with E-state index in [-0.39, 0.29) is 33.6 Å². The van der Waals surface area contributed by atoms with E-state index in [9.17, 15) is 15.3 Å². The average Bonchev–Trinajstić information content (AvgIpc) is 2.73. The second-order valence-electron chi connectivity index (χ2n) is 8.60. The molecule has 4 nitrogen and oxygen atoms in total. The number of hydrogen-bond acceptors (Lipinski definition) is 4. The molecule has 3 unspecified atom stereocenters. The molecule has 0 aromatic heterocycles. The Kier molecular flexibility index (Phi) is 3.79. The van der Waals surface area contributed by atoms with Crippen molar-refractivity contribution in [2.75, 3.05) is 6.61 Å². The van der Waals surface area contributed by atoms with Gasteiger partial charge in [0.05, 0.1) is 31.0 Å². The first-order valence-corrected chi connectivity index (χ1v) is 9.70. The van der Waals surface area contributed by atoms with Gasteiger partial charge in [0.25, 0.3) is 0 Å². The molecule has 3 fully saturated rings. The van der Waals surface area contributed by atoms with E-state index in [1.165, 1.54) is 0 Å². The van der Waals surface area contributed by atoms with Crippen molar-refractivity contribution in [1.29, 1.82) is 0 Å². The molecule has 130 valence electrons. The van der Waals surface area contributed by atoms with Gasteiger partial charge in [0.15, 0.2) is 0 Å². The van der Waals surface area contributed by atoms with Crippen LogP contribution in [0.25, 0.3) is 0 Å². The molecule has 1 heterocycles. The fourth-order valence-corrected chi connectivity index (χ4v) is 6.84. The zero-order valence-electron chi connectivity index (χ0n) is 13.8. The molecule has 5 heteroatoms. The summed E-state index contributed by atoms with van der Waals surface area (Å²) in [7, 11) is 0. The van der Waals surface area contributed by atoms with Crippen LogP contribution in [0.5, 0.6) is 0 Å². The third-order valence-electron chi connectivity index (χ3n) is 7.32. The summed E-state index contributed by atoms with van der Waals surface area (Å²) in [5.74, 6) is 0.323. The summed E-state index contributed by atoms with van der Waals surface area (Å²) in [5, 5.41) is 31.5. The summed E-state index contributed by atoms with van der Waals surface area (Å²) >= 11 is 3.62. The lowest BCUT2D eigenvalue weighted by Crippen LogP contribution is -2.61. The predicted octanol–water partition coefficient (Wildman–Crippen LogP) is 2.00. The molecule has 3 aliphatic carbocycles. The maximum atomic E-state index is 10.9. The van der Waals surface area contributed by atoms with E-state index in [1.807, 2.05) is 6.08 Å². The molecule has 9 atom stereocenters. The third kappa shape index (κ3) is 2.16. The SMILES string of the molecule is C[C@]12CC[C@H](O)C=C1C[C@@H](O)C1C2OC[C@@]2(C)C1C[C@@H](Br)[C@@H]2O. The van der Waals surface area contributed by atoms with Crippen molar-refractivity contribution in [3.8, 4) is 0 Å². The minimum absolute atomic E-state index is 0.0203. The standard InChI is InChI=1S/C18H27BrO4/c1-17-4-3-10(20)5-9(17)6-13(21)14-11-7-12(19)15(22)18(11,2)8-23-16(14)17/h5,10-16,20-22H,3-4,6-8H2,1-2H3/t10-,11?,12+,13+,14?,15-,16?,17-,18-/m0/s1. The highest BCUT2D eigenvalue weighted by Crippen LogP contribution is 2.61. The Balaban J connectivity index is 1.73. The van der Waals surface area contributed by atoms with Gasteiger partial charge in [-0.15, -0.1) is 0 Å². The van der Waals surface area contributed by atoms with Gasteiger partial charge in [0.2, 0.25) is 0 Å². The Hall–Kier alpha value is 0.0600. The van der Waals surface area contributed by atoms with Gasteiger partial charge < -0.3 is 20.1 Å². The summed E-state index contributed by atoms with van der Waals surface area (Å²) in [6, 6.07) is 0. The summed E-state index contributed by atoms with van der Waals surface area (Å²) < 4.78 is 6.33. The van der Waals surface area contributed by atoms with Gasteiger partial charge in [0.1, 0.15) is 0 Å². The predicted molar refractivity (Wildman–Crippen MR) is 90.2 cm³/mol. The number of aliphatic hydroxyl groups is 3. The van der Waals surface area contributed by atoms with Crippen LogP contribution >= 0.6 is 15.9 Å². The molecule has 23 heavy (non-hydrogen) atoms. The van der Waals surface area contributed by atoms with Crippen molar-refractivity contribution < 1.29 is 20.1 Å². The van der Waals surface area contributed by atoms with Crippen molar-refractivity contribution in [3.63, 3.8) is 0 Å². The Bertz CT molecular complexity index is 537. The highest BCUT2D eigenvalue weighted by atomic mass is 79.9. The largest absolute Gasteiger partial charge is 0.392 e. The van der Waals surface area contributed by atoms with Crippen molar-refractivity contribution in [2.24, 2.45) is 22.7 Å². The van der Waals surface area contributed by atoms with Gasteiger partial charge >= 0.3 is 0 Å². The highest BCUT2D eigenvalue weighted by Gasteiger charge is 2.64. The molecular weight excluding hydrogens is 360 g/mol. The van der Waals surface area contributed by atoms with E-state index in [4.69, 9.17) is 4.74 Å². The smallest absolute Gasteiger partial charge is 0.0743 e. The van der Waals surface area contributed by atoms with Gasteiger partial charge in [-0.1, -0.05) is 41.4 Å². The van der Waals surface area contributed by atoms with Crippen molar-refractivity contribution in [3.05, 3.63) is 11.6 Å². The maximum Gasteiger partial charge on any atom is 0.0743 e. The Labute approximate surface area is 146 Å². The van der Waals surface area contributed by atoms with Crippen LogP contribution in [0.1, 0.15) is 39.5 Å². The van der Waals surface area contributed by atoms with Crippen LogP contribution in [0.2, 0.25) is 0 Å². The molecule has 4 rings (SSSR count). The lowest BCUT2D eigenvalue weighted by molar-refractivity contribution is -0.216. The molecule has 0 aromatic rings. The fraction of sp³-hybridized carbons (Fsp3) is 0.889. The molecule has 1 saturated heterocycles. The van der Waals surface area contributed by atoms with Crippen LogP contribution in [0, 0.1) is 22.7 Å². The number of halogens is 1. The van der Waals surface area contributed by atoms with Gasteiger partial charge in [-0.25, -0.2) is 0 Å². The summed E-state index contributed by atoms with van der Waals surface area (Å²) in [6.45, 7) is 4.87. The van der Waals surface area contributed by atoms with Crippen molar-refractivity contribution in [1.82, 2.24) is 0 Å². The molecule has 1 aliphatic heterocycles. The quantitative estimate of drug-likeness (QED) is 0.439. The van der Waals surface area contributed by atoms with Gasteiger partial charge in [0, 0.05) is 21.6 Å². The maximum absolute atomic E-state index is 10.9. The van der Waals surface area contributed by atoms with E-state index < -0.39 is 18.3 Å². The normalized spacial score (nSPS) is 58.9. The number of ether oxygens (including phenoxy) is 1. The first kappa shape index (κ1) is 16.5. The molecule has 2 saturated carbocycles. The van der Waals surface area contributed by atoms with Crippen molar-refractivity contribution in [2.45, 2.75) is 68.8 Å². The molecule has 0 aromatic carbocycles. The summed E-state index contributed by atoms with van der Waals surface area (Å²) in [5.41, 5.74) is 0.768. The average molecular weight is 387 g/mol. The number of fused-ring (bicyclic) bond motifs is 5. The lowest BCUT2D eigenvalue weighted by atomic mass is 9.53. The van der Waals surface area contributed by atoms with E-state index in [0.29, 0.717) is 13.0 Å². The number of rotatable bonds is 0. The fourth-order valence-electron chi connectivity index (χ4n) is 5.83. The van der Waals surface area contributed by atoms with E-state index in [0.717, 1.165) is 24.8 Å². The summed E-state index contributed by atoms with van der Waals surface area (Å²) in [6.07, 6.45) is 3.80. The first-order chi connectivity index (χ1) is 10.8. The molecule has 0 radical (unpaired) electrons. The van der Waals surface area contributed by atoms with E-state index in [1.54, 1.807) is 0 Å². The van der Waals surface area contributed by atoms with Gasteiger partial charge in [-0.3, -0.25) is 0 Å². The Morgan fingerprint density at radius 1 is 1.26 bits per heavy atom. The van der Waals surface area contributed by atoms with Crippen LogP contribution in [0.3, 0.4) is 0 Å². The Morgan fingerprint density at radius 2 is 2.00 bits per heavy atom. The third-order valence-corrected chi connectivity index (χ3v) is 8.19. The van der Waals surface area contributed by atoms with E-state index in [2.05, 4.69) is 29.8 Å². The molecule has 0 amide bonds. The minimum Gasteiger partial charge on any atom is -0.392 e. The molecule has 0 spiro atoms. The summed E-state index contributed by atoms with van der Waals surface area (Å²) in [4.78, 5) is 0.0740. The lowest BCUT2D eigenvalue weighted by Gasteiger charge is -2.58. The minimum atomic E-state index is -0.459. The molecule has 4 aliphatic rings. The van der Waals surface area contributed by atoms with Crippen molar-refractivity contribution >= 4 is 15.9 Å². The van der Waals surface area contributed by atoms with Gasteiger partial charge in [-0.05, 0) is 31.6 Å². The zero-order chi connectivity index (χ0) is 16.6. The second-order valence-corrected chi connectivity index (χ2v) is 9.78. The molecule has 0 bridgehead atoms. The zero-order valence-corrected chi connectivity index (χ0v) is 15.4. The van der Waals surface area contributed by atoms with Crippen LogP contribution in [-0.2, 0) is 4.74 Å². The van der Waals surface area contributed by atoms with Crippen LogP contribution in [0.15, 0.2) is 11.6 Å². The van der Waals surface area contributed by atoms with Gasteiger partial charge in [-0.2, -0.15) is 0 Å². The topological polar surface area (TPSA) is 69.9 Å². The number of alkyl halides is 1. The van der Waals surface area contributed by atoms with Crippen LogP contribution in [-0.4, -0.2) is 51.2 Å². The molecular formula is C18H27BrO4. The van der Waals surface area contributed by atoms with Crippen LogP contribution < -0.4 is 0 Å². The Morgan fingerprint density at radius 3 is 2.74 bits per heavy atom. The van der Waals surface area contributed by atoms with E-state index >= 15 is 0 Å². The monoisotopic (exact) mass is 386 g/mol. The molecule has 3 N–H and O–H groups in total. The highest BCUT2D eigenvalue weighted by molar-refractivity contribution is 9.09.